The van der Waals surface area contributed by atoms with Crippen molar-refractivity contribution in [2.45, 2.75) is 26.4 Å². The molecule has 0 fully saturated rings. The molecule has 1 unspecified atom stereocenters. The van der Waals surface area contributed by atoms with Gasteiger partial charge in [0.2, 0.25) is 0 Å². The Kier molecular flexibility index (Phi) is 8.35. The molecule has 28 heavy (non-hydrogen) atoms. The quantitative estimate of drug-likeness (QED) is 0.440. The Morgan fingerprint density at radius 3 is 2.50 bits per heavy atom. The molecule has 0 aliphatic rings. The van der Waals surface area contributed by atoms with Crippen LogP contribution < -0.4 is 16.4 Å². The van der Waals surface area contributed by atoms with E-state index in [2.05, 4.69) is 40.4 Å². The monoisotopic (exact) mass is 405 g/mol. The zero-order chi connectivity index (χ0) is 20.5. The second kappa shape index (κ2) is 10.7. The summed E-state index contributed by atoms with van der Waals surface area (Å²) in [4.78, 5) is 17.7. The van der Waals surface area contributed by atoms with Gasteiger partial charge in [0, 0.05) is 18.6 Å². The zero-order valence-electron chi connectivity index (χ0n) is 16.5. The van der Waals surface area contributed by atoms with Gasteiger partial charge in [-0.1, -0.05) is 43.6 Å². The van der Waals surface area contributed by atoms with Crippen LogP contribution in [-0.4, -0.2) is 43.4 Å². The Morgan fingerprint density at radius 1 is 1.21 bits per heavy atom. The summed E-state index contributed by atoms with van der Waals surface area (Å²) in [6.07, 6.45) is 0. The van der Waals surface area contributed by atoms with Crippen LogP contribution in [0.2, 0.25) is 5.02 Å². The fourth-order valence-corrected chi connectivity index (χ4v) is 3.30. The minimum absolute atomic E-state index is 0.104. The first-order valence-electron chi connectivity index (χ1n) is 9.31. The summed E-state index contributed by atoms with van der Waals surface area (Å²) in [5.74, 6) is 0.778. The molecule has 4 N–H and O–H groups in total. The van der Waals surface area contributed by atoms with Gasteiger partial charge in [-0.3, -0.25) is 14.7 Å². The lowest BCUT2D eigenvalue weighted by atomic mass is 10.0. The van der Waals surface area contributed by atoms with Crippen molar-refractivity contribution in [3.05, 3.63) is 58.5 Å². The summed E-state index contributed by atoms with van der Waals surface area (Å²) in [6, 6.07) is 11.3. The Labute approximate surface area is 170 Å². The van der Waals surface area contributed by atoms with Gasteiger partial charge < -0.3 is 20.8 Å². The summed E-state index contributed by atoms with van der Waals surface area (Å²) < 4.78 is 5.38. The van der Waals surface area contributed by atoms with Crippen LogP contribution in [0.1, 0.15) is 41.8 Å². The first-order chi connectivity index (χ1) is 13.5. The van der Waals surface area contributed by atoms with E-state index < -0.39 is 5.91 Å². The highest BCUT2D eigenvalue weighted by Crippen LogP contribution is 2.26. The van der Waals surface area contributed by atoms with Crippen LogP contribution in [0.3, 0.4) is 0 Å². The number of carbonyl (C=O) groups is 1. The maximum Gasteiger partial charge on any atom is 0.284 e. The molecule has 1 heterocycles. The van der Waals surface area contributed by atoms with Gasteiger partial charge in [-0.05, 0) is 36.9 Å². The minimum atomic E-state index is -0.587. The van der Waals surface area contributed by atoms with E-state index >= 15 is 0 Å². The van der Waals surface area contributed by atoms with Gasteiger partial charge in [0.1, 0.15) is 5.76 Å². The summed E-state index contributed by atoms with van der Waals surface area (Å²) in [7, 11) is 1.70. The number of nitrogens with two attached hydrogens (primary N) is 1. The molecule has 0 saturated carbocycles. The van der Waals surface area contributed by atoms with Crippen LogP contribution in [0.5, 0.6) is 0 Å². The second-order valence-electron chi connectivity index (χ2n) is 6.20. The zero-order valence-corrected chi connectivity index (χ0v) is 17.3. The number of primary amides is 1. The Balaban J connectivity index is 2.03. The second-order valence-corrected chi connectivity index (χ2v) is 6.60. The summed E-state index contributed by atoms with van der Waals surface area (Å²) in [6.45, 7) is 7.09. The number of benzene rings is 1. The molecule has 8 heteroatoms. The van der Waals surface area contributed by atoms with Gasteiger partial charge in [-0.25, -0.2) is 0 Å². The standard InChI is InChI=1S/C20H28ClN5O2/c1-4-26(5-2)17(15-8-6-7-9-16(15)21)13-25-20(23-3)24-12-14-10-11-18(28-14)19(22)27/h6-11,17H,4-5,12-13H2,1-3H3,(H2,22,27)(H2,23,24,25). The smallest absolute Gasteiger partial charge is 0.284 e. The van der Waals surface area contributed by atoms with E-state index in [1.54, 1.807) is 19.2 Å². The normalized spacial score (nSPS) is 12.8. The number of nitrogens with one attached hydrogen (secondary N) is 2. The first kappa shape index (κ1) is 21.8. The van der Waals surface area contributed by atoms with Crippen LogP contribution in [0.25, 0.3) is 0 Å². The SMILES string of the molecule is CCN(CC)C(CNC(=NC)NCc1ccc(C(N)=O)o1)c1ccccc1Cl. The third kappa shape index (κ3) is 5.74. The number of likely N-dealkylation sites (N-methyl/N-ethyl adjacent to an activating group) is 1. The molecule has 1 aromatic carbocycles. The number of halogens is 1. The largest absolute Gasteiger partial charge is 0.454 e. The molecule has 7 nitrogen and oxygen atoms in total. The molecular weight excluding hydrogens is 378 g/mol. The van der Waals surface area contributed by atoms with E-state index in [0.29, 0.717) is 24.8 Å². The fourth-order valence-electron chi connectivity index (χ4n) is 3.04. The number of nitrogens with zero attached hydrogens (tertiary/aromatic N) is 2. The molecule has 0 saturated heterocycles. The molecule has 0 radical (unpaired) electrons. The van der Waals surface area contributed by atoms with Crippen LogP contribution >= 0.6 is 11.6 Å². The maximum atomic E-state index is 11.1. The molecular formula is C20H28ClN5O2. The average Bonchev–Trinajstić information content (AvgIpc) is 3.17. The number of carbonyl (C=O) groups excluding carboxylic acids is 1. The topological polar surface area (TPSA) is 95.9 Å². The lowest BCUT2D eigenvalue weighted by molar-refractivity contribution is 0.0972. The Morgan fingerprint density at radius 2 is 1.93 bits per heavy atom. The van der Waals surface area contributed by atoms with Crippen molar-refractivity contribution in [1.82, 2.24) is 15.5 Å². The van der Waals surface area contributed by atoms with Gasteiger partial charge in [-0.15, -0.1) is 0 Å². The lowest BCUT2D eigenvalue weighted by Crippen LogP contribution is -2.43. The van der Waals surface area contributed by atoms with Crippen molar-refractivity contribution in [3.8, 4) is 0 Å². The van der Waals surface area contributed by atoms with Crippen molar-refractivity contribution in [2.75, 3.05) is 26.7 Å². The first-order valence-corrected chi connectivity index (χ1v) is 9.69. The number of furan rings is 1. The van der Waals surface area contributed by atoms with Gasteiger partial charge in [0.15, 0.2) is 11.7 Å². The Hall–Kier alpha value is -2.51. The van der Waals surface area contributed by atoms with Crippen LogP contribution in [0, 0.1) is 0 Å². The molecule has 1 atom stereocenters. The lowest BCUT2D eigenvalue weighted by Gasteiger charge is -2.31. The van der Waals surface area contributed by atoms with Gasteiger partial charge in [0.05, 0.1) is 12.6 Å². The van der Waals surface area contributed by atoms with E-state index in [-0.39, 0.29) is 11.8 Å². The van der Waals surface area contributed by atoms with Crippen LogP contribution in [0.15, 0.2) is 45.8 Å². The molecule has 1 aromatic heterocycles. The molecule has 2 rings (SSSR count). The summed E-state index contributed by atoms with van der Waals surface area (Å²) in [5, 5.41) is 7.27. The van der Waals surface area contributed by atoms with Gasteiger partial charge >= 0.3 is 0 Å². The maximum absolute atomic E-state index is 11.1. The highest BCUT2D eigenvalue weighted by Gasteiger charge is 2.20. The van der Waals surface area contributed by atoms with Gasteiger partial charge in [-0.2, -0.15) is 0 Å². The minimum Gasteiger partial charge on any atom is -0.454 e. The third-order valence-electron chi connectivity index (χ3n) is 4.54. The highest BCUT2D eigenvalue weighted by atomic mass is 35.5. The number of hydrogen-bond acceptors (Lipinski definition) is 4. The fraction of sp³-hybridized carbons (Fsp3) is 0.400. The molecule has 2 aromatic rings. The Bertz CT molecular complexity index is 801. The predicted molar refractivity (Wildman–Crippen MR) is 113 cm³/mol. The van der Waals surface area contributed by atoms with Crippen LogP contribution in [0.4, 0.5) is 0 Å². The molecule has 152 valence electrons. The highest BCUT2D eigenvalue weighted by molar-refractivity contribution is 6.31. The number of rotatable bonds is 9. The van der Waals surface area contributed by atoms with Gasteiger partial charge in [0.25, 0.3) is 5.91 Å². The van der Waals surface area contributed by atoms with Crippen molar-refractivity contribution in [2.24, 2.45) is 10.7 Å². The average molecular weight is 406 g/mol. The number of hydrogen-bond donors (Lipinski definition) is 3. The number of aliphatic imine (C=N–C) groups is 1. The molecule has 0 aliphatic carbocycles. The van der Waals surface area contributed by atoms with Crippen molar-refractivity contribution < 1.29 is 9.21 Å². The third-order valence-corrected chi connectivity index (χ3v) is 4.88. The van der Waals surface area contributed by atoms with Crippen molar-refractivity contribution in [3.63, 3.8) is 0 Å². The molecule has 0 bridgehead atoms. The van der Waals surface area contributed by atoms with Crippen molar-refractivity contribution in [1.29, 1.82) is 0 Å². The van der Waals surface area contributed by atoms with E-state index in [0.717, 1.165) is 23.7 Å². The number of guanidine groups is 1. The summed E-state index contributed by atoms with van der Waals surface area (Å²) in [5.41, 5.74) is 6.28. The number of amides is 1. The molecule has 1 amide bonds. The molecule has 0 aliphatic heterocycles. The molecule has 0 spiro atoms. The van der Waals surface area contributed by atoms with Crippen LogP contribution in [-0.2, 0) is 6.54 Å². The van der Waals surface area contributed by atoms with E-state index in [1.165, 1.54) is 0 Å². The van der Waals surface area contributed by atoms with E-state index in [4.69, 9.17) is 21.8 Å². The predicted octanol–water partition coefficient (Wildman–Crippen LogP) is 2.78. The van der Waals surface area contributed by atoms with Crippen molar-refractivity contribution >= 4 is 23.5 Å². The van der Waals surface area contributed by atoms with E-state index in [9.17, 15) is 4.79 Å². The van der Waals surface area contributed by atoms with E-state index in [1.807, 2.05) is 18.2 Å². The summed E-state index contributed by atoms with van der Waals surface area (Å²) >= 11 is 6.44.